The number of aliphatic hydroxyl groups excluding tert-OH is 1. The van der Waals surface area contributed by atoms with Crippen molar-refractivity contribution in [2.45, 2.75) is 38.6 Å². The molecule has 1 amide bonds. The molecule has 2 atom stereocenters. The van der Waals surface area contributed by atoms with Crippen LogP contribution in [0.15, 0.2) is 18.2 Å². The molecular formula is C17H26N4O4. The number of benzene rings is 1. The molecule has 1 saturated carbocycles. The minimum absolute atomic E-state index is 0.0399. The number of nitrogens with one attached hydrogen (secondary N) is 3. The van der Waals surface area contributed by atoms with Crippen molar-refractivity contribution in [3.05, 3.63) is 28.3 Å². The highest BCUT2D eigenvalue weighted by molar-refractivity contribution is 5.83. The zero-order valence-electron chi connectivity index (χ0n) is 14.5. The van der Waals surface area contributed by atoms with Crippen molar-refractivity contribution in [3.63, 3.8) is 0 Å². The van der Waals surface area contributed by atoms with E-state index in [4.69, 9.17) is 5.11 Å². The smallest absolute Gasteiger partial charge is 0.271 e. The van der Waals surface area contributed by atoms with Gasteiger partial charge in [-0.25, -0.2) is 0 Å². The van der Waals surface area contributed by atoms with Gasteiger partial charge >= 0.3 is 0 Å². The maximum absolute atomic E-state index is 12.2. The predicted octanol–water partition coefficient (Wildman–Crippen LogP) is 2.11. The molecule has 8 heteroatoms. The standard InChI is InChI=1S/C17H26N4O4/c1-12-4-2-3-5-14(12)20-17(23)11-19-16-10-13(21(24)25)6-7-15(16)18-8-9-22/h6-7,10,12,14,18-19,22H,2-5,8-9,11H2,1H3,(H,20,23)/t12-,14-/m1/s1. The monoisotopic (exact) mass is 350 g/mol. The molecule has 0 aliphatic heterocycles. The van der Waals surface area contributed by atoms with Crippen LogP contribution in [-0.4, -0.2) is 41.7 Å². The summed E-state index contributed by atoms with van der Waals surface area (Å²) >= 11 is 0. The summed E-state index contributed by atoms with van der Waals surface area (Å²) in [7, 11) is 0. The maximum Gasteiger partial charge on any atom is 0.271 e. The quantitative estimate of drug-likeness (QED) is 0.421. The lowest BCUT2D eigenvalue weighted by molar-refractivity contribution is -0.384. The third-order valence-electron chi connectivity index (χ3n) is 4.54. The fourth-order valence-corrected chi connectivity index (χ4v) is 3.10. The third kappa shape index (κ3) is 5.60. The minimum atomic E-state index is -0.481. The molecule has 0 unspecified atom stereocenters. The van der Waals surface area contributed by atoms with Gasteiger partial charge in [-0.3, -0.25) is 14.9 Å². The van der Waals surface area contributed by atoms with E-state index in [0.29, 0.717) is 23.8 Å². The van der Waals surface area contributed by atoms with Crippen LogP contribution >= 0.6 is 0 Å². The molecule has 2 rings (SSSR count). The Morgan fingerprint density at radius 3 is 2.72 bits per heavy atom. The SMILES string of the molecule is C[C@@H]1CCCC[C@H]1NC(=O)CNc1cc([N+](=O)[O-])ccc1NCCO. The molecule has 0 saturated heterocycles. The first-order chi connectivity index (χ1) is 12.0. The Morgan fingerprint density at radius 1 is 1.28 bits per heavy atom. The molecule has 0 spiro atoms. The van der Waals surface area contributed by atoms with Crippen LogP contribution in [0.5, 0.6) is 0 Å². The van der Waals surface area contributed by atoms with E-state index in [0.717, 1.165) is 19.3 Å². The lowest BCUT2D eigenvalue weighted by atomic mass is 9.86. The van der Waals surface area contributed by atoms with Crippen molar-refractivity contribution in [1.29, 1.82) is 0 Å². The van der Waals surface area contributed by atoms with Gasteiger partial charge in [-0.05, 0) is 24.8 Å². The molecule has 0 heterocycles. The first-order valence-electron chi connectivity index (χ1n) is 8.67. The first-order valence-corrected chi connectivity index (χ1v) is 8.67. The number of rotatable bonds is 8. The fourth-order valence-electron chi connectivity index (χ4n) is 3.10. The molecule has 0 radical (unpaired) electrons. The summed E-state index contributed by atoms with van der Waals surface area (Å²) in [6.07, 6.45) is 4.45. The van der Waals surface area contributed by atoms with Gasteiger partial charge in [0.2, 0.25) is 5.91 Å². The van der Waals surface area contributed by atoms with Crippen molar-refractivity contribution >= 4 is 23.0 Å². The van der Waals surface area contributed by atoms with E-state index in [1.54, 1.807) is 6.07 Å². The number of hydrogen-bond donors (Lipinski definition) is 4. The average Bonchev–Trinajstić information content (AvgIpc) is 2.60. The van der Waals surface area contributed by atoms with E-state index in [9.17, 15) is 14.9 Å². The number of amides is 1. The van der Waals surface area contributed by atoms with Gasteiger partial charge in [0, 0.05) is 24.7 Å². The molecule has 1 aromatic rings. The molecular weight excluding hydrogens is 324 g/mol. The van der Waals surface area contributed by atoms with Gasteiger partial charge in [-0.1, -0.05) is 19.8 Å². The van der Waals surface area contributed by atoms with E-state index in [-0.39, 0.29) is 30.8 Å². The number of nitrogens with zero attached hydrogens (tertiary/aromatic N) is 1. The predicted molar refractivity (Wildman–Crippen MR) is 96.7 cm³/mol. The molecule has 1 fully saturated rings. The second kappa shape index (κ2) is 9.22. The van der Waals surface area contributed by atoms with E-state index in [1.165, 1.54) is 18.6 Å². The summed E-state index contributed by atoms with van der Waals surface area (Å²) in [5.74, 6) is 0.343. The van der Waals surface area contributed by atoms with Crippen molar-refractivity contribution in [2.75, 3.05) is 30.3 Å². The second-order valence-electron chi connectivity index (χ2n) is 6.43. The van der Waals surface area contributed by atoms with Crippen LogP contribution in [0.3, 0.4) is 0 Å². The number of carbonyl (C=O) groups excluding carboxylic acids is 1. The van der Waals surface area contributed by atoms with Crippen LogP contribution in [0.4, 0.5) is 17.1 Å². The largest absolute Gasteiger partial charge is 0.395 e. The normalized spacial score (nSPS) is 19.9. The molecule has 0 aromatic heterocycles. The Hall–Kier alpha value is -2.35. The highest BCUT2D eigenvalue weighted by Gasteiger charge is 2.22. The molecule has 138 valence electrons. The van der Waals surface area contributed by atoms with Crippen molar-refractivity contribution in [2.24, 2.45) is 5.92 Å². The number of carbonyl (C=O) groups is 1. The van der Waals surface area contributed by atoms with Gasteiger partial charge in [-0.15, -0.1) is 0 Å². The van der Waals surface area contributed by atoms with E-state index < -0.39 is 4.92 Å². The Morgan fingerprint density at radius 2 is 2.04 bits per heavy atom. The van der Waals surface area contributed by atoms with Crippen LogP contribution in [-0.2, 0) is 4.79 Å². The van der Waals surface area contributed by atoms with Gasteiger partial charge in [0.1, 0.15) is 0 Å². The number of non-ortho nitro benzene ring substituents is 1. The van der Waals surface area contributed by atoms with E-state index in [2.05, 4.69) is 22.9 Å². The molecule has 0 bridgehead atoms. The van der Waals surface area contributed by atoms with E-state index in [1.807, 2.05) is 0 Å². The first kappa shape index (κ1) is 19.0. The van der Waals surface area contributed by atoms with Crippen molar-refractivity contribution < 1.29 is 14.8 Å². The van der Waals surface area contributed by atoms with Crippen LogP contribution in [0, 0.1) is 16.0 Å². The topological polar surface area (TPSA) is 117 Å². The summed E-state index contributed by atoms with van der Waals surface area (Å²) < 4.78 is 0. The summed E-state index contributed by atoms with van der Waals surface area (Å²) in [5.41, 5.74) is 1.02. The lowest BCUT2D eigenvalue weighted by Crippen LogP contribution is -2.43. The molecule has 1 aliphatic rings. The molecule has 8 nitrogen and oxygen atoms in total. The Balaban J connectivity index is 1.98. The van der Waals surface area contributed by atoms with Crippen LogP contribution in [0.1, 0.15) is 32.6 Å². The summed E-state index contributed by atoms with van der Waals surface area (Å²) in [6.45, 7) is 2.45. The zero-order valence-corrected chi connectivity index (χ0v) is 14.5. The number of hydrogen-bond acceptors (Lipinski definition) is 6. The second-order valence-corrected chi connectivity index (χ2v) is 6.43. The minimum Gasteiger partial charge on any atom is -0.395 e. The fraction of sp³-hybridized carbons (Fsp3) is 0.588. The van der Waals surface area contributed by atoms with Gasteiger partial charge in [-0.2, -0.15) is 0 Å². The van der Waals surface area contributed by atoms with Gasteiger partial charge in [0.25, 0.3) is 5.69 Å². The highest BCUT2D eigenvalue weighted by atomic mass is 16.6. The van der Waals surface area contributed by atoms with Gasteiger partial charge in [0.15, 0.2) is 0 Å². The van der Waals surface area contributed by atoms with Gasteiger partial charge in [0.05, 0.1) is 29.4 Å². The lowest BCUT2D eigenvalue weighted by Gasteiger charge is -2.29. The van der Waals surface area contributed by atoms with E-state index >= 15 is 0 Å². The molecule has 25 heavy (non-hydrogen) atoms. The molecule has 4 N–H and O–H groups in total. The summed E-state index contributed by atoms with van der Waals surface area (Å²) in [5, 5.41) is 28.9. The van der Waals surface area contributed by atoms with Crippen LogP contribution in [0.25, 0.3) is 0 Å². The maximum atomic E-state index is 12.2. The van der Waals surface area contributed by atoms with Crippen LogP contribution in [0.2, 0.25) is 0 Å². The van der Waals surface area contributed by atoms with Gasteiger partial charge < -0.3 is 21.1 Å². The number of anilines is 2. The summed E-state index contributed by atoms with van der Waals surface area (Å²) in [4.78, 5) is 22.7. The highest BCUT2D eigenvalue weighted by Crippen LogP contribution is 2.27. The molecule has 1 aromatic carbocycles. The Kier molecular flexibility index (Phi) is 7.00. The van der Waals surface area contributed by atoms with Crippen molar-refractivity contribution in [1.82, 2.24) is 5.32 Å². The number of nitro benzene ring substituents is 1. The average molecular weight is 350 g/mol. The number of aliphatic hydroxyl groups is 1. The zero-order chi connectivity index (χ0) is 18.2. The molecule has 1 aliphatic carbocycles. The van der Waals surface area contributed by atoms with Crippen molar-refractivity contribution in [3.8, 4) is 0 Å². The Bertz CT molecular complexity index is 608. The summed E-state index contributed by atoms with van der Waals surface area (Å²) in [6, 6.07) is 4.53. The van der Waals surface area contributed by atoms with Crippen LogP contribution < -0.4 is 16.0 Å². The Labute approximate surface area is 147 Å². The number of nitro groups is 1. The third-order valence-corrected chi connectivity index (χ3v) is 4.54.